The van der Waals surface area contributed by atoms with Crippen molar-refractivity contribution >= 4 is 87.6 Å². The summed E-state index contributed by atoms with van der Waals surface area (Å²) in [5, 5.41) is 0. The maximum atomic E-state index is 14.3. The average Bonchev–Trinajstić information content (AvgIpc) is 1.56. The van der Waals surface area contributed by atoms with Gasteiger partial charge in [-0.2, -0.15) is 26.3 Å². The molecule has 0 N–H and O–H groups in total. The van der Waals surface area contributed by atoms with Crippen LogP contribution in [0.1, 0.15) is 241 Å². The topological polar surface area (TPSA) is 324 Å². The Hall–Kier alpha value is -8.50. The number of rotatable bonds is 11. The van der Waals surface area contributed by atoms with Gasteiger partial charge in [0.25, 0.3) is 0 Å². The zero-order valence-corrected chi connectivity index (χ0v) is 85.2. The van der Waals surface area contributed by atoms with Crippen LogP contribution in [0.3, 0.4) is 0 Å². The van der Waals surface area contributed by atoms with Gasteiger partial charge in [0.05, 0.1) is 118 Å². The number of carbonyl (C=O) groups is 6. The molecule has 3 aromatic heterocycles. The molecule has 18 atom stereocenters. The Kier molecular flexibility index (Phi) is 36.7. The number of esters is 3. The number of aromatic nitrogens is 6. The number of aryl methyl sites for hydroxylation is 3. The van der Waals surface area contributed by atoms with E-state index in [1.807, 2.05) is 65.4 Å². The van der Waals surface area contributed by atoms with Gasteiger partial charge in [-0.15, -0.1) is 0 Å². The van der Waals surface area contributed by atoms with Crippen LogP contribution in [0.15, 0.2) is 54.6 Å². The second kappa shape index (κ2) is 45.4. The van der Waals surface area contributed by atoms with E-state index in [9.17, 15) is 78.3 Å². The number of carbonyl (C=O) groups excluding carboxylic acids is 9. The molecule has 6 aliphatic heterocycles. The zero-order valence-electron chi connectivity index (χ0n) is 81.0. The normalized spacial score (nSPS) is 29.2. The van der Waals surface area contributed by atoms with Gasteiger partial charge >= 0.3 is 30.3 Å². The fourth-order valence-electron chi connectivity index (χ4n) is 20.7. The number of methoxy groups -OCH3 is 3. The van der Waals surface area contributed by atoms with Crippen LogP contribution in [0.5, 0.6) is 34.9 Å². The molecule has 27 nitrogen and oxygen atoms in total. The summed E-state index contributed by atoms with van der Waals surface area (Å²) in [6.07, 6.45) is -0.0624. The number of amides is 3. The maximum Gasteiger partial charge on any atom is 0.428 e. The third-order valence-electron chi connectivity index (χ3n) is 29.0. The van der Waals surface area contributed by atoms with Gasteiger partial charge in [0.2, 0.25) is 47.4 Å². The summed E-state index contributed by atoms with van der Waals surface area (Å²) < 4.78 is 163. The molecule has 6 fully saturated rings. The van der Waals surface area contributed by atoms with Gasteiger partial charge in [0.15, 0.2) is 0 Å². The van der Waals surface area contributed by atoms with E-state index in [1.165, 1.54) is 14.7 Å². The molecule has 38 heteroatoms. The quantitative estimate of drug-likeness (QED) is 0.0503. The largest absolute Gasteiger partial charge is 0.540 e. The molecule has 9 heterocycles. The summed E-state index contributed by atoms with van der Waals surface area (Å²) in [7, 11) is 4.69. The van der Waals surface area contributed by atoms with E-state index in [0.717, 1.165) is 25.7 Å². The van der Waals surface area contributed by atoms with Crippen molar-refractivity contribution in [3.63, 3.8) is 0 Å². The summed E-state index contributed by atoms with van der Waals surface area (Å²) in [6.45, 7) is 21.8. The molecule has 0 spiro atoms. The summed E-state index contributed by atoms with van der Waals surface area (Å²) in [5.41, 5.74) is -2.00. The molecule has 3 aliphatic carbocycles. The van der Waals surface area contributed by atoms with Crippen LogP contribution in [0.25, 0.3) is 33.1 Å². The number of hydrogen-bond donors (Lipinski definition) is 0. The molecule has 3 saturated heterocycles. The molecule has 753 valence electrons. The van der Waals surface area contributed by atoms with Crippen molar-refractivity contribution in [3.05, 3.63) is 71.7 Å². The second-order valence-electron chi connectivity index (χ2n) is 41.3. The number of ether oxygens (including phenoxy) is 9. The number of nitrogens with zero attached hydrogens (tertiary/aromatic N) is 9. The van der Waals surface area contributed by atoms with Crippen molar-refractivity contribution in [2.24, 2.45) is 69.5 Å². The first kappa shape index (κ1) is 111. The Balaban J connectivity index is 0.000000211. The first-order valence-electron chi connectivity index (χ1n) is 47.4. The van der Waals surface area contributed by atoms with E-state index in [-0.39, 0.29) is 125 Å². The van der Waals surface area contributed by atoms with Crippen molar-refractivity contribution < 1.29 is 177 Å². The van der Waals surface area contributed by atoms with Crippen molar-refractivity contribution in [2.75, 3.05) is 41.0 Å². The van der Waals surface area contributed by atoms with Gasteiger partial charge in [0, 0.05) is 104 Å². The molecule has 6 aromatic rings. The molecule has 3 aromatic carbocycles. The van der Waals surface area contributed by atoms with Crippen LogP contribution in [-0.2, 0) is 132 Å². The van der Waals surface area contributed by atoms with Crippen molar-refractivity contribution in [2.45, 2.75) is 316 Å². The van der Waals surface area contributed by atoms with Gasteiger partial charge in [0.1, 0.15) is 63.8 Å². The minimum absolute atomic E-state index is 0. The van der Waals surface area contributed by atoms with E-state index in [2.05, 4.69) is 6.29 Å². The predicted octanol–water partition coefficient (Wildman–Crippen LogP) is 17.4. The van der Waals surface area contributed by atoms with Gasteiger partial charge in [-0.25, -0.2) is 57.5 Å². The third kappa shape index (κ3) is 25.6. The van der Waals surface area contributed by atoms with E-state index in [0.29, 0.717) is 163 Å². The number of benzene rings is 3. The van der Waals surface area contributed by atoms with Crippen LogP contribution in [0.2, 0.25) is 0 Å². The fraction of sp³-hybridized carbons (Fsp3) is 0.670. The van der Waals surface area contributed by atoms with E-state index in [1.54, 1.807) is 106 Å². The van der Waals surface area contributed by atoms with Crippen molar-refractivity contribution in [1.29, 1.82) is 0 Å². The summed E-state index contributed by atoms with van der Waals surface area (Å²) >= 11 is 0. The van der Waals surface area contributed by atoms with Gasteiger partial charge in [-0.1, -0.05) is 153 Å². The molecule has 3 amide bonds. The minimum atomic E-state index is -4.72. The van der Waals surface area contributed by atoms with E-state index in [4.69, 9.17) is 72.5 Å². The molecule has 3 radical (unpaired) electrons. The number of halogens is 8. The Labute approximate surface area is 836 Å². The second-order valence-corrected chi connectivity index (χ2v) is 41.3. The first-order chi connectivity index (χ1) is 63.7. The average molecular weight is 2050 g/mol. The molecular formula is C100H126F8N9O18V3-3. The monoisotopic (exact) mass is 2050 g/mol. The number of fused-ring (bicyclic) bond motifs is 15. The Morgan fingerprint density at radius 3 is 1.11 bits per heavy atom. The Bertz CT molecular complexity index is 5340. The summed E-state index contributed by atoms with van der Waals surface area (Å²) in [5.74, 6) is -6.67. The molecule has 0 unspecified atom stereocenters. The van der Waals surface area contributed by atoms with E-state index < -0.39 is 185 Å². The Morgan fingerprint density at radius 1 is 0.435 bits per heavy atom. The van der Waals surface area contributed by atoms with Gasteiger partial charge < -0.3 is 71.7 Å². The molecule has 9 aliphatic rings. The van der Waals surface area contributed by atoms with E-state index >= 15 is 0 Å². The van der Waals surface area contributed by atoms with Crippen LogP contribution in [0.4, 0.5) is 35.1 Å². The smallest absolute Gasteiger partial charge is 0.428 e. The van der Waals surface area contributed by atoms with Crippen LogP contribution < -0.4 is 28.4 Å². The molecule has 6 bridgehead atoms. The van der Waals surface area contributed by atoms with Crippen LogP contribution in [0, 0.1) is 69.5 Å². The summed E-state index contributed by atoms with van der Waals surface area (Å²) in [4.78, 5) is 152. The molecule has 138 heavy (non-hydrogen) atoms. The minimum Gasteiger partial charge on any atom is -0.540 e. The predicted molar refractivity (Wildman–Crippen MR) is 479 cm³/mol. The summed E-state index contributed by atoms with van der Waals surface area (Å²) in [6, 6.07) is 13.3. The Morgan fingerprint density at radius 2 is 0.768 bits per heavy atom. The molecule has 3 saturated carbocycles. The maximum absolute atomic E-state index is 14.3. The van der Waals surface area contributed by atoms with Crippen LogP contribution in [-0.4, -0.2) is 212 Å². The third-order valence-corrected chi connectivity index (χ3v) is 29.0. The van der Waals surface area contributed by atoms with Gasteiger partial charge in [-0.3, -0.25) is 28.8 Å². The van der Waals surface area contributed by atoms with Crippen molar-refractivity contribution in [1.82, 2.24) is 44.6 Å². The fourth-order valence-corrected chi connectivity index (χ4v) is 20.7. The van der Waals surface area contributed by atoms with Crippen molar-refractivity contribution in [3.8, 4) is 34.9 Å². The first-order valence-corrected chi connectivity index (χ1v) is 47.4. The van der Waals surface area contributed by atoms with Crippen LogP contribution >= 0.6 is 0 Å². The number of alkyl halides is 8. The number of hydrogen-bond acceptors (Lipinski definition) is 24. The molecular weight excluding hydrogens is 1920 g/mol. The van der Waals surface area contributed by atoms with Gasteiger partial charge in [-0.05, 0) is 141 Å². The standard InChI is InChI=1S/C34H44F2N3O6.2C33H41F3N3O6.3V/c1-6-22-27(19-40)39-18-28(22)44-31-25(37-24-13-12-21(43-5)14-26(24)38-31)11-9-7-8-10-20-16-34(20,17-29(35)36)45-30(41)15-23(32(39)42)33(2,3)4;1-19-26(17-40)39-16-27(19)44-29-24(37-23-12-11-21(43-5)13-25(23)38-29)10-8-6-7-9-20-15-32(20,18-33(34,35)36)45-28(41)14-22(30(39)42)31(2,3)4;1-6-21-26(18-40)39-17-27(21)44-29-24(37-23-13-12-20(43-5)14-25(23)38-29)11-9-7-8-10-19-16-32(19,33(34,35)36)45-28(41)15-22(30(39)42)31(2,3)4;;;/h12-14,20,22-23,27-29H,6-11,15-18H2,1-5H3;11-13,19-20,22,26-27H,6-10,14-16,18H2,1-5H3;12-14,19,21-22,26-27H,6-11,15-17H2,1-5H3;;;/q3*-1;;;/t20-,22+,23-,27-,28+,34+;19-,20+,22+,26+,27-,32-;19-,21+,22-,26-,27+,32-;;;/m101.../s1. The zero-order chi connectivity index (χ0) is 98.0. The SMILES string of the molecule is CC[C@@H]1[C@@H]2CN(C(=O)[C@H](C(C)(C)C)CC(=O)O[C@]3(C(F)(F)F)C[C@H]3CCCCCc3nc4ccc(OC)cc4nc3O2)[C@@H]1[C-]=O.CC[C@@H]1[C@@H]2CN(C(=O)[C@H](C(C)(C)C)CC(=O)O[C@]3(CC(F)F)C[C@H]3CCCCCc3nc4ccc(OC)cc4nc3O2)[C@@H]1[C-]=O.COc1ccc2nc3c(nc2c1)O[C@H]1CN(C(=O)[C@H](C(C)(C)C)CC(=O)O[C@]2(CC(F)(F)F)C[C@H]2CCCCC3)[C@H]([C-]=O)[C@@H]1C.[V].[V].[V]. The molecule has 15 rings (SSSR count).